The molecule has 1 saturated carbocycles. The van der Waals surface area contributed by atoms with Gasteiger partial charge in [0.1, 0.15) is 11.9 Å². The molecule has 1 unspecified atom stereocenters. The van der Waals surface area contributed by atoms with Crippen LogP contribution in [-0.4, -0.2) is 26.7 Å². The van der Waals surface area contributed by atoms with Crippen molar-refractivity contribution in [1.29, 1.82) is 5.26 Å². The van der Waals surface area contributed by atoms with Crippen LogP contribution >= 0.6 is 23.3 Å². The van der Waals surface area contributed by atoms with Crippen LogP contribution in [0.25, 0.3) is 0 Å². The number of nitrogens with zero attached hydrogens (tertiary/aromatic N) is 3. The van der Waals surface area contributed by atoms with Crippen LogP contribution in [-0.2, 0) is 0 Å². The molecular weight excluding hydrogens is 252 g/mol. The maximum absolute atomic E-state index is 9.51. The molecule has 0 radical (unpaired) electrons. The molecule has 1 N–H and O–H groups in total. The summed E-state index contributed by atoms with van der Waals surface area (Å²) in [6.45, 7) is 4.17. The standard InChI is InChI=1S/C11H16N4S2/c1-8(2)15-11(5-12,9-3-4-9)6-16-10-13-7-14-17-10/h7-9,15H,3-4,6H2,1-2H3. The smallest absolute Gasteiger partial charge is 0.169 e. The molecule has 92 valence electrons. The van der Waals surface area contributed by atoms with E-state index in [2.05, 4.69) is 34.6 Å². The first kappa shape index (κ1) is 12.8. The van der Waals surface area contributed by atoms with Crippen LogP contribution in [0.4, 0.5) is 0 Å². The summed E-state index contributed by atoms with van der Waals surface area (Å²) in [5.41, 5.74) is -0.398. The lowest BCUT2D eigenvalue weighted by molar-refractivity contribution is 0.370. The van der Waals surface area contributed by atoms with Crippen molar-refractivity contribution in [2.45, 2.75) is 42.6 Å². The maximum Gasteiger partial charge on any atom is 0.169 e. The van der Waals surface area contributed by atoms with Gasteiger partial charge in [0.2, 0.25) is 0 Å². The number of rotatable bonds is 6. The lowest BCUT2D eigenvalue weighted by atomic mass is 9.96. The van der Waals surface area contributed by atoms with E-state index in [-0.39, 0.29) is 0 Å². The summed E-state index contributed by atoms with van der Waals surface area (Å²) < 4.78 is 4.92. The van der Waals surface area contributed by atoms with Crippen LogP contribution in [0.1, 0.15) is 26.7 Å². The molecule has 1 aliphatic rings. The Bertz CT molecular complexity index is 394. The van der Waals surface area contributed by atoms with Crippen molar-refractivity contribution in [2.75, 3.05) is 5.75 Å². The molecule has 1 fully saturated rings. The minimum atomic E-state index is -0.398. The molecule has 0 aliphatic heterocycles. The first-order chi connectivity index (χ1) is 8.16. The Morgan fingerprint density at radius 3 is 2.94 bits per heavy atom. The first-order valence-electron chi connectivity index (χ1n) is 5.75. The average Bonchev–Trinajstić information content (AvgIpc) is 3.02. The van der Waals surface area contributed by atoms with Crippen molar-refractivity contribution in [3.05, 3.63) is 6.33 Å². The van der Waals surface area contributed by atoms with Crippen molar-refractivity contribution < 1.29 is 0 Å². The van der Waals surface area contributed by atoms with E-state index >= 15 is 0 Å². The molecule has 0 amide bonds. The third-order valence-corrected chi connectivity index (χ3v) is 4.77. The Hall–Kier alpha value is -0.640. The third-order valence-electron chi connectivity index (χ3n) is 2.78. The van der Waals surface area contributed by atoms with E-state index in [1.807, 2.05) is 0 Å². The first-order valence-corrected chi connectivity index (χ1v) is 7.50. The summed E-state index contributed by atoms with van der Waals surface area (Å²) in [5.74, 6) is 1.25. The predicted molar refractivity (Wildman–Crippen MR) is 70.0 cm³/mol. The molecule has 1 aromatic rings. The lowest BCUT2D eigenvalue weighted by Gasteiger charge is -2.29. The molecule has 2 rings (SSSR count). The number of hydrogen-bond acceptors (Lipinski definition) is 6. The van der Waals surface area contributed by atoms with Crippen molar-refractivity contribution in [3.8, 4) is 6.07 Å². The van der Waals surface area contributed by atoms with Gasteiger partial charge in [0.25, 0.3) is 0 Å². The van der Waals surface area contributed by atoms with E-state index in [4.69, 9.17) is 0 Å². The maximum atomic E-state index is 9.51. The molecule has 6 heteroatoms. The minimum absolute atomic E-state index is 0.324. The zero-order valence-electron chi connectivity index (χ0n) is 10.0. The Labute approximate surface area is 110 Å². The topological polar surface area (TPSA) is 61.6 Å². The van der Waals surface area contributed by atoms with E-state index in [0.29, 0.717) is 12.0 Å². The van der Waals surface area contributed by atoms with Crippen molar-refractivity contribution >= 4 is 23.3 Å². The molecule has 17 heavy (non-hydrogen) atoms. The normalized spacial score (nSPS) is 18.9. The highest BCUT2D eigenvalue weighted by molar-refractivity contribution is 8.01. The summed E-state index contributed by atoms with van der Waals surface area (Å²) in [5, 5.41) is 12.9. The number of nitriles is 1. The van der Waals surface area contributed by atoms with E-state index in [0.717, 1.165) is 22.9 Å². The molecule has 1 atom stereocenters. The molecule has 0 saturated heterocycles. The van der Waals surface area contributed by atoms with E-state index in [1.165, 1.54) is 11.5 Å². The highest BCUT2D eigenvalue weighted by atomic mass is 32.2. The largest absolute Gasteiger partial charge is 0.296 e. The van der Waals surface area contributed by atoms with E-state index in [9.17, 15) is 5.26 Å². The zero-order valence-corrected chi connectivity index (χ0v) is 11.6. The van der Waals surface area contributed by atoms with Gasteiger partial charge in [-0.1, -0.05) is 11.8 Å². The average molecular weight is 268 g/mol. The van der Waals surface area contributed by atoms with Crippen molar-refractivity contribution in [2.24, 2.45) is 5.92 Å². The Morgan fingerprint density at radius 1 is 1.71 bits per heavy atom. The van der Waals surface area contributed by atoms with Crippen LogP contribution in [0.5, 0.6) is 0 Å². The van der Waals surface area contributed by atoms with Gasteiger partial charge in [-0.15, -0.1) is 0 Å². The minimum Gasteiger partial charge on any atom is -0.296 e. The molecule has 1 aliphatic carbocycles. The van der Waals surface area contributed by atoms with Crippen molar-refractivity contribution in [3.63, 3.8) is 0 Å². The van der Waals surface area contributed by atoms with Gasteiger partial charge < -0.3 is 0 Å². The van der Waals surface area contributed by atoms with Gasteiger partial charge in [-0.25, -0.2) is 4.98 Å². The van der Waals surface area contributed by atoms with Crippen LogP contribution in [0.3, 0.4) is 0 Å². The molecule has 0 bridgehead atoms. The summed E-state index contributed by atoms with van der Waals surface area (Å²) in [7, 11) is 0. The molecule has 0 spiro atoms. The second kappa shape index (κ2) is 5.34. The third kappa shape index (κ3) is 3.18. The summed E-state index contributed by atoms with van der Waals surface area (Å²) >= 11 is 3.02. The zero-order chi connectivity index (χ0) is 12.3. The Morgan fingerprint density at radius 2 is 2.47 bits per heavy atom. The number of hydrogen-bond donors (Lipinski definition) is 1. The Balaban J connectivity index is 2.02. The second-order valence-corrected chi connectivity index (χ2v) is 6.65. The van der Waals surface area contributed by atoms with Crippen LogP contribution in [0.15, 0.2) is 10.7 Å². The molecular formula is C11H16N4S2. The summed E-state index contributed by atoms with van der Waals surface area (Å²) in [6.07, 6.45) is 3.88. The summed E-state index contributed by atoms with van der Waals surface area (Å²) in [6, 6.07) is 2.82. The van der Waals surface area contributed by atoms with Crippen LogP contribution in [0.2, 0.25) is 0 Å². The Kier molecular flexibility index (Phi) is 4.02. The van der Waals surface area contributed by atoms with Crippen molar-refractivity contribution in [1.82, 2.24) is 14.7 Å². The molecule has 0 aromatic carbocycles. The van der Waals surface area contributed by atoms with Gasteiger partial charge >= 0.3 is 0 Å². The SMILES string of the molecule is CC(C)NC(C#N)(CSc1ncns1)C1CC1. The number of aromatic nitrogens is 2. The van der Waals surface area contributed by atoms with Gasteiger partial charge in [-0.3, -0.25) is 5.32 Å². The fourth-order valence-corrected chi connectivity index (χ4v) is 3.58. The van der Waals surface area contributed by atoms with Gasteiger partial charge in [0.15, 0.2) is 4.34 Å². The quantitative estimate of drug-likeness (QED) is 0.802. The van der Waals surface area contributed by atoms with Gasteiger partial charge in [-0.05, 0) is 44.1 Å². The molecule has 4 nitrogen and oxygen atoms in total. The number of nitrogens with one attached hydrogen (secondary N) is 1. The molecule has 1 aromatic heterocycles. The highest BCUT2D eigenvalue weighted by Crippen LogP contribution is 2.42. The van der Waals surface area contributed by atoms with Gasteiger partial charge in [0, 0.05) is 11.8 Å². The monoisotopic (exact) mass is 268 g/mol. The van der Waals surface area contributed by atoms with E-state index in [1.54, 1.807) is 18.1 Å². The fourth-order valence-electron chi connectivity index (χ4n) is 1.93. The second-order valence-electron chi connectivity index (χ2n) is 4.65. The predicted octanol–water partition coefficient (Wildman–Crippen LogP) is 2.30. The summed E-state index contributed by atoms with van der Waals surface area (Å²) in [4.78, 5) is 4.15. The van der Waals surface area contributed by atoms with Gasteiger partial charge in [-0.2, -0.15) is 9.64 Å². The van der Waals surface area contributed by atoms with Gasteiger partial charge in [0.05, 0.1) is 6.07 Å². The highest BCUT2D eigenvalue weighted by Gasteiger charge is 2.46. The molecule has 1 heterocycles. The fraction of sp³-hybridized carbons (Fsp3) is 0.727. The number of thioether (sulfide) groups is 1. The van der Waals surface area contributed by atoms with Crippen LogP contribution in [0, 0.1) is 17.2 Å². The van der Waals surface area contributed by atoms with Crippen LogP contribution < -0.4 is 5.32 Å². The van der Waals surface area contributed by atoms with E-state index < -0.39 is 5.54 Å². The lowest BCUT2D eigenvalue weighted by Crippen LogP contribution is -2.51.